The highest BCUT2D eigenvalue weighted by Gasteiger charge is 2.47. The van der Waals surface area contributed by atoms with Crippen LogP contribution in [0.4, 0.5) is 4.79 Å². The van der Waals surface area contributed by atoms with Crippen LogP contribution in [-0.4, -0.2) is 60.6 Å². The Hall–Kier alpha value is -4.16. The average Bonchev–Trinajstić information content (AvgIpc) is 3.44. The number of nitrogens with one attached hydrogen (secondary N) is 4. The Bertz CT molecular complexity index is 1710. The molecule has 2 aromatic carbocycles. The molecule has 12 nitrogen and oxygen atoms in total. The van der Waals surface area contributed by atoms with Crippen molar-refractivity contribution in [1.82, 2.24) is 20.9 Å². The van der Waals surface area contributed by atoms with Gasteiger partial charge in [0.15, 0.2) is 11.5 Å². The molecule has 0 saturated heterocycles. The van der Waals surface area contributed by atoms with Crippen LogP contribution in [0.1, 0.15) is 63.8 Å². The fourth-order valence-corrected chi connectivity index (χ4v) is 6.77. The van der Waals surface area contributed by atoms with Crippen LogP contribution in [0.15, 0.2) is 30.3 Å². The molecule has 4 rings (SSSR count). The number of fused-ring (bicyclic) bond motifs is 3. The van der Waals surface area contributed by atoms with E-state index >= 15 is 0 Å². The molecule has 0 aliphatic heterocycles. The van der Waals surface area contributed by atoms with E-state index in [4.69, 9.17) is 43.1 Å². The minimum Gasteiger partial charge on any atom is -0.493 e. The molecule has 1 heterocycles. The minimum atomic E-state index is -1.51. The van der Waals surface area contributed by atoms with Crippen LogP contribution in [-0.2, 0) is 38.6 Å². The van der Waals surface area contributed by atoms with Gasteiger partial charge in [0.25, 0.3) is 0 Å². The number of H-pyrrole nitrogens is 1. The number of benzene rings is 2. The second-order valence-electron chi connectivity index (χ2n) is 12.6. The predicted octanol–water partition coefficient (Wildman–Crippen LogP) is 5.19. The zero-order chi connectivity index (χ0) is 36.0. The van der Waals surface area contributed by atoms with Gasteiger partial charge in [0.1, 0.15) is 24.2 Å². The number of rotatable bonds is 14. The Kier molecular flexibility index (Phi) is 12.3. The van der Waals surface area contributed by atoms with Crippen molar-refractivity contribution in [1.29, 1.82) is 0 Å². The molecule has 5 atom stereocenters. The molecule has 1 aromatic heterocycles. The number of alkyl carbamates (subject to hydrolysis) is 1. The zero-order valence-electron chi connectivity index (χ0n) is 28.6. The molecule has 49 heavy (non-hydrogen) atoms. The van der Waals surface area contributed by atoms with Crippen molar-refractivity contribution in [2.24, 2.45) is 17.6 Å². The lowest BCUT2D eigenvalue weighted by molar-refractivity contribution is -0.137. The van der Waals surface area contributed by atoms with E-state index in [0.29, 0.717) is 51.9 Å². The summed E-state index contributed by atoms with van der Waals surface area (Å²) in [5, 5.41) is 10.1. The van der Waals surface area contributed by atoms with Gasteiger partial charge in [0.05, 0.1) is 24.8 Å². The topological polar surface area (TPSA) is 174 Å². The number of nitrogens with two attached hydrogens (primary N) is 1. The summed E-state index contributed by atoms with van der Waals surface area (Å²) in [6.07, 6.45) is 0.914. The van der Waals surface area contributed by atoms with Crippen LogP contribution >= 0.6 is 23.2 Å². The summed E-state index contributed by atoms with van der Waals surface area (Å²) in [4.78, 5) is 57.5. The number of amides is 4. The van der Waals surface area contributed by atoms with Crippen LogP contribution in [0, 0.1) is 11.8 Å². The summed E-state index contributed by atoms with van der Waals surface area (Å²) >= 11 is 12.9. The second kappa shape index (κ2) is 16.0. The zero-order valence-corrected chi connectivity index (χ0v) is 30.1. The summed E-state index contributed by atoms with van der Waals surface area (Å²) in [5.41, 5.74) is 7.07. The maximum Gasteiger partial charge on any atom is 0.408 e. The fraction of sp³-hybridized carbons (Fsp3) is 0.486. The van der Waals surface area contributed by atoms with E-state index < -0.39 is 41.4 Å². The number of hydrogen-bond donors (Lipinski definition) is 5. The molecule has 1 aliphatic rings. The monoisotopic (exact) mass is 717 g/mol. The van der Waals surface area contributed by atoms with E-state index in [2.05, 4.69) is 20.9 Å². The van der Waals surface area contributed by atoms with Gasteiger partial charge in [-0.25, -0.2) is 4.79 Å². The lowest BCUT2D eigenvalue weighted by atomic mass is 9.78. The first kappa shape index (κ1) is 37.7. The first-order valence-electron chi connectivity index (χ1n) is 16.3. The smallest absolute Gasteiger partial charge is 0.408 e. The summed E-state index contributed by atoms with van der Waals surface area (Å²) in [7, 11) is 2.99. The first-order valence-corrected chi connectivity index (χ1v) is 17.1. The van der Waals surface area contributed by atoms with Gasteiger partial charge in [0, 0.05) is 28.1 Å². The molecule has 0 spiro atoms. The maximum atomic E-state index is 14.3. The summed E-state index contributed by atoms with van der Waals surface area (Å²) in [6, 6.07) is 6.56. The number of aromatic nitrogens is 1. The average molecular weight is 719 g/mol. The van der Waals surface area contributed by atoms with Crippen molar-refractivity contribution in [2.75, 3.05) is 14.2 Å². The molecule has 3 aromatic rings. The molecule has 0 fully saturated rings. The van der Waals surface area contributed by atoms with Crippen LogP contribution in [0.3, 0.4) is 0 Å². The standard InChI is InChI=1S/C35H45Cl2N5O7/c1-7-18(3)27(31(38)43)40-33(45)35(13-12-25-23(16-35)22-14-21(36)15-24(37)29(22)39-25)42-32(44)28(19(4)8-2)41-34(46)49-17-20-10-9-11-26(47-5)30(20)48-6/h9-11,14-15,18-19,27-28,39H,7-8,12-13,16-17H2,1-6H3,(H2,38,43)(H,40,45)(H,41,46)(H,42,44)/t18?,19?,27-,28-,35+/m0/s1. The van der Waals surface area contributed by atoms with E-state index in [-0.39, 0.29) is 31.3 Å². The second-order valence-corrected chi connectivity index (χ2v) is 13.5. The predicted molar refractivity (Wildman–Crippen MR) is 188 cm³/mol. The molecule has 6 N–H and O–H groups in total. The van der Waals surface area contributed by atoms with Crippen LogP contribution in [0.2, 0.25) is 10.0 Å². The largest absolute Gasteiger partial charge is 0.493 e. The highest BCUT2D eigenvalue weighted by atomic mass is 35.5. The maximum absolute atomic E-state index is 14.3. The first-order chi connectivity index (χ1) is 23.3. The Morgan fingerprint density at radius 3 is 2.33 bits per heavy atom. The van der Waals surface area contributed by atoms with Crippen molar-refractivity contribution < 1.29 is 33.4 Å². The van der Waals surface area contributed by atoms with Gasteiger partial charge in [-0.2, -0.15) is 0 Å². The van der Waals surface area contributed by atoms with Crippen LogP contribution < -0.4 is 31.2 Å². The van der Waals surface area contributed by atoms with Gasteiger partial charge < -0.3 is 40.9 Å². The van der Waals surface area contributed by atoms with E-state index in [1.807, 2.05) is 27.7 Å². The molecule has 1 aliphatic carbocycles. The minimum absolute atomic E-state index is 0.0653. The Morgan fingerprint density at radius 1 is 1.00 bits per heavy atom. The van der Waals surface area contributed by atoms with Crippen LogP contribution in [0.5, 0.6) is 11.5 Å². The molecule has 2 unspecified atom stereocenters. The molecule has 14 heteroatoms. The highest BCUT2D eigenvalue weighted by Crippen LogP contribution is 2.38. The lowest BCUT2D eigenvalue weighted by Crippen LogP contribution is -2.67. The summed E-state index contributed by atoms with van der Waals surface area (Å²) in [6.45, 7) is 7.27. The van der Waals surface area contributed by atoms with Crippen molar-refractivity contribution in [3.8, 4) is 11.5 Å². The molecular formula is C35H45Cl2N5O7. The van der Waals surface area contributed by atoms with Crippen molar-refractivity contribution in [3.05, 3.63) is 57.2 Å². The number of methoxy groups -OCH3 is 2. The number of primary amides is 1. The molecule has 0 bridgehead atoms. The number of aryl methyl sites for hydroxylation is 1. The van der Waals surface area contributed by atoms with E-state index in [1.165, 1.54) is 14.2 Å². The molecular weight excluding hydrogens is 673 g/mol. The quantitative estimate of drug-likeness (QED) is 0.153. The molecule has 266 valence electrons. The third kappa shape index (κ3) is 8.18. The number of hydrogen-bond acceptors (Lipinski definition) is 7. The number of carbonyl (C=O) groups is 4. The Balaban J connectivity index is 1.65. The van der Waals surface area contributed by atoms with E-state index in [9.17, 15) is 19.2 Å². The summed E-state index contributed by atoms with van der Waals surface area (Å²) in [5.74, 6) is -1.53. The van der Waals surface area contributed by atoms with Crippen molar-refractivity contribution >= 4 is 57.9 Å². The normalized spacial score (nSPS) is 18.0. The number of halogens is 2. The lowest BCUT2D eigenvalue weighted by Gasteiger charge is -2.39. The molecule has 0 radical (unpaired) electrons. The van der Waals surface area contributed by atoms with Gasteiger partial charge in [-0.1, -0.05) is 75.9 Å². The Morgan fingerprint density at radius 2 is 1.69 bits per heavy atom. The van der Waals surface area contributed by atoms with Crippen molar-refractivity contribution in [3.63, 3.8) is 0 Å². The number of para-hydroxylation sites is 1. The third-order valence-electron chi connectivity index (χ3n) is 9.52. The van der Waals surface area contributed by atoms with Crippen LogP contribution in [0.25, 0.3) is 10.9 Å². The summed E-state index contributed by atoms with van der Waals surface area (Å²) < 4.78 is 16.3. The fourth-order valence-electron chi connectivity index (χ4n) is 6.23. The van der Waals surface area contributed by atoms with Gasteiger partial charge >= 0.3 is 6.09 Å². The highest BCUT2D eigenvalue weighted by molar-refractivity contribution is 6.38. The van der Waals surface area contributed by atoms with Gasteiger partial charge in [-0.3, -0.25) is 14.4 Å². The Labute approximate surface area is 296 Å². The van der Waals surface area contributed by atoms with Gasteiger partial charge in [-0.05, 0) is 48.4 Å². The van der Waals surface area contributed by atoms with Gasteiger partial charge in [0.2, 0.25) is 17.7 Å². The number of carbonyl (C=O) groups excluding carboxylic acids is 4. The number of aromatic amines is 1. The van der Waals surface area contributed by atoms with Crippen molar-refractivity contribution in [2.45, 2.75) is 84.0 Å². The SMILES string of the molecule is CCC(C)[C@H](NC(=O)[C@@]1(NC(=O)[C@@H](NC(=O)OCc2cccc(OC)c2OC)C(C)CC)CCc2[nH]c3c(Cl)cc(Cl)cc3c2C1)C(N)=O. The van der Waals surface area contributed by atoms with Gasteiger partial charge in [-0.15, -0.1) is 0 Å². The molecule has 4 amide bonds. The molecule has 0 saturated carbocycles. The third-order valence-corrected chi connectivity index (χ3v) is 10.0. The van der Waals surface area contributed by atoms with E-state index in [1.54, 1.807) is 30.3 Å². The van der Waals surface area contributed by atoms with E-state index in [0.717, 1.165) is 16.6 Å². The number of ether oxygens (including phenoxy) is 3.